The van der Waals surface area contributed by atoms with Crippen LogP contribution in [0.25, 0.3) is 0 Å². The van der Waals surface area contributed by atoms with Crippen LogP contribution in [-0.4, -0.2) is 80.5 Å². The van der Waals surface area contributed by atoms with E-state index in [1.807, 2.05) is 32.9 Å². The van der Waals surface area contributed by atoms with Crippen molar-refractivity contribution in [1.29, 1.82) is 0 Å². The number of methoxy groups -OCH3 is 1. The minimum atomic E-state index is -2.48. The number of anilines is 1. The first-order chi connectivity index (χ1) is 17.1. The highest BCUT2D eigenvalue weighted by molar-refractivity contribution is 5.88. The van der Waals surface area contributed by atoms with Crippen LogP contribution in [0.15, 0.2) is 12.1 Å². The van der Waals surface area contributed by atoms with E-state index in [0.717, 1.165) is 49.9 Å². The zero-order chi connectivity index (χ0) is 26.6. The zero-order valence-corrected chi connectivity index (χ0v) is 22.1. The van der Waals surface area contributed by atoms with E-state index in [-0.39, 0.29) is 18.7 Å². The van der Waals surface area contributed by atoms with Crippen molar-refractivity contribution in [3.8, 4) is 0 Å². The lowest BCUT2D eigenvalue weighted by Gasteiger charge is -2.31. The van der Waals surface area contributed by atoms with Gasteiger partial charge in [-0.15, -0.1) is 0 Å². The summed E-state index contributed by atoms with van der Waals surface area (Å²) in [6.45, 7) is 7.73. The normalized spacial score (nSPS) is 13.7. The maximum absolute atomic E-state index is 12.7. The number of ether oxygens (including phenoxy) is 3. The molecule has 0 unspecified atom stereocenters. The van der Waals surface area contributed by atoms with Crippen molar-refractivity contribution in [2.24, 2.45) is 0 Å². The number of unbranched alkanes of at least 4 members (excludes halogenated alkanes) is 1. The fourth-order valence-electron chi connectivity index (χ4n) is 4.00. The van der Waals surface area contributed by atoms with Crippen LogP contribution >= 0.6 is 0 Å². The highest BCUT2D eigenvalue weighted by Crippen LogP contribution is 2.27. The second kappa shape index (κ2) is 15.0. The molecule has 0 fully saturated rings. The number of alkyl halides is 2. The highest BCUT2D eigenvalue weighted by atomic mass is 19.3. The number of carbonyl (C=O) groups excluding carboxylic acids is 2. The van der Waals surface area contributed by atoms with E-state index in [4.69, 9.17) is 14.5 Å². The van der Waals surface area contributed by atoms with Crippen molar-refractivity contribution >= 4 is 17.9 Å². The minimum Gasteiger partial charge on any atom is -0.469 e. The summed E-state index contributed by atoms with van der Waals surface area (Å²) in [6.07, 6.45) is 2.37. The van der Waals surface area contributed by atoms with Gasteiger partial charge < -0.3 is 19.1 Å². The number of hydrogen-bond donors (Lipinski definition) is 0. The Balaban J connectivity index is 1.88. The molecule has 0 saturated carbocycles. The van der Waals surface area contributed by atoms with Crippen molar-refractivity contribution in [1.82, 2.24) is 9.88 Å². The SMILES string of the molecule is COC(=O)CCCN(CCCCc1ccc2c(n1)N(C(=O)OC(C)(C)C)CCC2)CCOCC(F)F. The highest BCUT2D eigenvalue weighted by Gasteiger charge is 2.28. The molecule has 0 saturated heterocycles. The van der Waals surface area contributed by atoms with E-state index in [2.05, 4.69) is 9.64 Å². The van der Waals surface area contributed by atoms with Crippen molar-refractivity contribution in [2.45, 2.75) is 77.7 Å². The molecule has 2 rings (SSSR count). The molecule has 0 spiro atoms. The fourth-order valence-corrected chi connectivity index (χ4v) is 4.00. The van der Waals surface area contributed by atoms with Gasteiger partial charge in [-0.2, -0.15) is 0 Å². The summed E-state index contributed by atoms with van der Waals surface area (Å²) < 4.78 is 39.9. The Morgan fingerprint density at radius 3 is 2.58 bits per heavy atom. The third-order valence-corrected chi connectivity index (χ3v) is 5.75. The first kappa shape index (κ1) is 29.9. The molecular weight excluding hydrogens is 472 g/mol. The molecule has 204 valence electrons. The molecule has 2 heterocycles. The molecular formula is C26H41F2N3O5. The first-order valence-electron chi connectivity index (χ1n) is 12.7. The molecule has 8 nitrogen and oxygen atoms in total. The summed E-state index contributed by atoms with van der Waals surface area (Å²) in [4.78, 5) is 32.6. The molecule has 1 aliphatic rings. The van der Waals surface area contributed by atoms with E-state index in [1.165, 1.54) is 7.11 Å². The largest absolute Gasteiger partial charge is 0.469 e. The molecule has 0 bridgehead atoms. The molecule has 0 atom stereocenters. The molecule has 0 aromatic carbocycles. The second-order valence-electron chi connectivity index (χ2n) is 9.97. The van der Waals surface area contributed by atoms with Gasteiger partial charge in [0.1, 0.15) is 18.0 Å². The first-order valence-corrected chi connectivity index (χ1v) is 12.7. The van der Waals surface area contributed by atoms with Gasteiger partial charge in [-0.1, -0.05) is 6.07 Å². The van der Waals surface area contributed by atoms with Crippen LogP contribution < -0.4 is 4.90 Å². The molecule has 1 aromatic heterocycles. The Morgan fingerprint density at radius 2 is 1.89 bits per heavy atom. The molecule has 1 aliphatic heterocycles. The van der Waals surface area contributed by atoms with Gasteiger partial charge >= 0.3 is 12.1 Å². The Hall–Kier alpha value is -2.33. The maximum Gasteiger partial charge on any atom is 0.416 e. The lowest BCUT2D eigenvalue weighted by Crippen LogP contribution is -2.40. The monoisotopic (exact) mass is 513 g/mol. The maximum atomic E-state index is 12.7. The lowest BCUT2D eigenvalue weighted by molar-refractivity contribution is -0.140. The van der Waals surface area contributed by atoms with Crippen molar-refractivity contribution in [3.63, 3.8) is 0 Å². The van der Waals surface area contributed by atoms with Gasteiger partial charge in [0.05, 0.1) is 13.7 Å². The van der Waals surface area contributed by atoms with Gasteiger partial charge in [0, 0.05) is 25.2 Å². The number of fused-ring (bicyclic) bond motifs is 1. The van der Waals surface area contributed by atoms with Crippen LogP contribution in [0, 0.1) is 0 Å². The van der Waals surface area contributed by atoms with E-state index >= 15 is 0 Å². The van der Waals surface area contributed by atoms with Gasteiger partial charge in [-0.3, -0.25) is 9.69 Å². The molecule has 0 aliphatic carbocycles. The minimum absolute atomic E-state index is 0.218. The lowest BCUT2D eigenvalue weighted by atomic mass is 10.0. The molecule has 0 radical (unpaired) electrons. The van der Waals surface area contributed by atoms with E-state index in [9.17, 15) is 18.4 Å². The molecule has 1 aromatic rings. The van der Waals surface area contributed by atoms with Crippen LogP contribution in [0.1, 0.15) is 64.1 Å². The number of hydrogen-bond acceptors (Lipinski definition) is 7. The number of aromatic nitrogens is 1. The van der Waals surface area contributed by atoms with Crippen molar-refractivity contribution in [2.75, 3.05) is 51.4 Å². The number of pyridine rings is 1. The summed E-state index contributed by atoms with van der Waals surface area (Å²) in [6, 6.07) is 4.07. The summed E-state index contributed by atoms with van der Waals surface area (Å²) in [5, 5.41) is 0. The Kier molecular flexibility index (Phi) is 12.5. The number of rotatable bonds is 14. The predicted octanol–water partition coefficient (Wildman–Crippen LogP) is 4.63. The molecule has 36 heavy (non-hydrogen) atoms. The number of halogens is 2. The molecule has 10 heteroatoms. The number of nitrogens with zero attached hydrogens (tertiary/aromatic N) is 3. The number of amides is 1. The van der Waals surface area contributed by atoms with Crippen LogP contribution in [0.3, 0.4) is 0 Å². The van der Waals surface area contributed by atoms with Gasteiger partial charge in [-0.05, 0) is 84.0 Å². The van der Waals surface area contributed by atoms with E-state index in [1.54, 1.807) is 4.90 Å². The Bertz CT molecular complexity index is 832. The van der Waals surface area contributed by atoms with E-state index < -0.39 is 18.6 Å². The third-order valence-electron chi connectivity index (χ3n) is 5.75. The van der Waals surface area contributed by atoms with Crippen LogP contribution in [-0.2, 0) is 31.8 Å². The van der Waals surface area contributed by atoms with Gasteiger partial charge in [0.15, 0.2) is 0 Å². The Labute approximate surface area is 213 Å². The number of esters is 1. The summed E-state index contributed by atoms with van der Waals surface area (Å²) in [5.41, 5.74) is 1.40. The fraction of sp³-hybridized carbons (Fsp3) is 0.731. The van der Waals surface area contributed by atoms with Crippen molar-refractivity contribution in [3.05, 3.63) is 23.4 Å². The standard InChI is InChI=1S/C26H41F2N3O5/c1-26(2,3)36-25(33)31-16-7-9-20-12-13-21(29-24(20)31)10-5-6-14-30(15-8-11-23(32)34-4)17-18-35-19-22(27)28/h12-13,22H,5-11,14-19H2,1-4H3. The van der Waals surface area contributed by atoms with E-state index in [0.29, 0.717) is 38.3 Å². The molecule has 1 amide bonds. The average molecular weight is 514 g/mol. The zero-order valence-electron chi connectivity index (χ0n) is 22.1. The topological polar surface area (TPSA) is 81.2 Å². The summed E-state index contributed by atoms with van der Waals surface area (Å²) in [7, 11) is 1.36. The van der Waals surface area contributed by atoms with Gasteiger partial charge in [0.25, 0.3) is 6.43 Å². The van der Waals surface area contributed by atoms with Crippen molar-refractivity contribution < 1.29 is 32.6 Å². The van der Waals surface area contributed by atoms with Gasteiger partial charge in [0.2, 0.25) is 0 Å². The van der Waals surface area contributed by atoms with Crippen LogP contribution in [0.2, 0.25) is 0 Å². The summed E-state index contributed by atoms with van der Waals surface area (Å²) >= 11 is 0. The quantitative estimate of drug-likeness (QED) is 0.265. The number of carbonyl (C=O) groups is 2. The number of aryl methyl sites for hydroxylation is 2. The summed E-state index contributed by atoms with van der Waals surface area (Å²) in [5.74, 6) is 0.427. The van der Waals surface area contributed by atoms with Crippen LogP contribution in [0.4, 0.5) is 19.4 Å². The predicted molar refractivity (Wildman–Crippen MR) is 134 cm³/mol. The van der Waals surface area contributed by atoms with Gasteiger partial charge in [-0.25, -0.2) is 18.6 Å². The van der Waals surface area contributed by atoms with Crippen LogP contribution in [0.5, 0.6) is 0 Å². The Morgan fingerprint density at radius 1 is 1.14 bits per heavy atom. The second-order valence-corrected chi connectivity index (χ2v) is 9.97. The molecule has 0 N–H and O–H groups in total. The average Bonchev–Trinajstić information content (AvgIpc) is 2.82. The third kappa shape index (κ3) is 11.2. The smallest absolute Gasteiger partial charge is 0.416 e.